The maximum atomic E-state index is 11.8. The Morgan fingerprint density at radius 3 is 2.86 bits per heavy atom. The summed E-state index contributed by atoms with van der Waals surface area (Å²) in [5.41, 5.74) is 1.85. The van der Waals surface area contributed by atoms with Gasteiger partial charge in [-0.05, 0) is 37.5 Å². The molecule has 0 bridgehead atoms. The molecule has 1 heteroatoms. The molecule has 1 fully saturated rings. The van der Waals surface area contributed by atoms with Gasteiger partial charge in [0.05, 0.1) is 0 Å². The molecule has 1 saturated carbocycles. The summed E-state index contributed by atoms with van der Waals surface area (Å²) in [5.74, 6) is 1.45. The third kappa shape index (κ3) is 1.53. The Labute approximate surface area is 86.6 Å². The zero-order valence-electron chi connectivity index (χ0n) is 9.47. The second-order valence-corrected chi connectivity index (χ2v) is 5.66. The van der Waals surface area contributed by atoms with E-state index in [0.29, 0.717) is 23.0 Å². The first-order valence-corrected chi connectivity index (χ1v) is 5.69. The average molecular weight is 192 g/mol. The van der Waals surface area contributed by atoms with Crippen molar-refractivity contribution in [3.8, 4) is 0 Å². The Hall–Kier alpha value is -0.590. The predicted octanol–water partition coefficient (Wildman–Crippen LogP) is 3.35. The molecule has 0 radical (unpaired) electrons. The molecule has 2 aliphatic carbocycles. The van der Waals surface area contributed by atoms with Crippen molar-refractivity contribution in [3.05, 3.63) is 11.6 Å². The third-order valence-electron chi connectivity index (χ3n) is 4.18. The van der Waals surface area contributed by atoms with Crippen LogP contribution in [0.2, 0.25) is 0 Å². The molecular formula is C13H20O. The summed E-state index contributed by atoms with van der Waals surface area (Å²) < 4.78 is 0. The molecule has 78 valence electrons. The van der Waals surface area contributed by atoms with Crippen LogP contribution in [0.3, 0.4) is 0 Å². The van der Waals surface area contributed by atoms with Gasteiger partial charge in [-0.1, -0.05) is 25.5 Å². The Bertz CT molecular complexity index is 286. The standard InChI is InChI=1S/C13H20O/c1-9-4-5-10-11(8-9)13(2,3)7-6-12(10)14/h4,10-11H,5-8H2,1-3H3. The van der Waals surface area contributed by atoms with Gasteiger partial charge in [0, 0.05) is 12.3 Å². The van der Waals surface area contributed by atoms with Crippen molar-refractivity contribution in [3.63, 3.8) is 0 Å². The van der Waals surface area contributed by atoms with Gasteiger partial charge in [-0.2, -0.15) is 0 Å². The lowest BCUT2D eigenvalue weighted by Gasteiger charge is -2.45. The maximum absolute atomic E-state index is 11.8. The van der Waals surface area contributed by atoms with Crippen molar-refractivity contribution in [1.82, 2.24) is 0 Å². The topological polar surface area (TPSA) is 17.1 Å². The van der Waals surface area contributed by atoms with Crippen LogP contribution >= 0.6 is 0 Å². The van der Waals surface area contributed by atoms with Gasteiger partial charge in [-0.15, -0.1) is 0 Å². The van der Waals surface area contributed by atoms with Crippen LogP contribution in [-0.4, -0.2) is 5.78 Å². The van der Waals surface area contributed by atoms with Crippen LogP contribution < -0.4 is 0 Å². The quantitative estimate of drug-likeness (QED) is 0.538. The summed E-state index contributed by atoms with van der Waals surface area (Å²) >= 11 is 0. The first-order chi connectivity index (χ1) is 6.50. The number of Topliss-reactive ketones (excluding diaryl/α,β-unsaturated/α-hetero) is 1. The molecule has 0 aromatic rings. The monoisotopic (exact) mass is 192 g/mol. The Kier molecular flexibility index (Phi) is 2.29. The van der Waals surface area contributed by atoms with Crippen LogP contribution in [0, 0.1) is 17.3 Å². The SMILES string of the molecule is CC1=CCC2C(=O)CCC(C)(C)C2C1. The number of carbonyl (C=O) groups excluding carboxylic acids is 1. The van der Waals surface area contributed by atoms with Crippen molar-refractivity contribution >= 4 is 5.78 Å². The molecule has 0 N–H and O–H groups in total. The van der Waals surface area contributed by atoms with Crippen LogP contribution in [0.1, 0.15) is 46.5 Å². The van der Waals surface area contributed by atoms with Gasteiger partial charge >= 0.3 is 0 Å². The van der Waals surface area contributed by atoms with Gasteiger partial charge in [0.25, 0.3) is 0 Å². The molecule has 0 heterocycles. The second-order valence-electron chi connectivity index (χ2n) is 5.66. The Morgan fingerprint density at radius 2 is 2.14 bits per heavy atom. The van der Waals surface area contributed by atoms with Gasteiger partial charge in [-0.3, -0.25) is 4.79 Å². The van der Waals surface area contributed by atoms with E-state index < -0.39 is 0 Å². The minimum atomic E-state index is 0.336. The molecular weight excluding hydrogens is 172 g/mol. The Balaban J connectivity index is 2.27. The molecule has 1 nitrogen and oxygen atoms in total. The lowest BCUT2D eigenvalue weighted by atomic mass is 9.59. The van der Waals surface area contributed by atoms with Crippen molar-refractivity contribution < 1.29 is 4.79 Å². The normalized spacial score (nSPS) is 36.2. The molecule has 0 spiro atoms. The van der Waals surface area contributed by atoms with Crippen LogP contribution in [0.15, 0.2) is 11.6 Å². The van der Waals surface area contributed by atoms with Gasteiger partial charge in [0.15, 0.2) is 0 Å². The number of hydrogen-bond acceptors (Lipinski definition) is 1. The van der Waals surface area contributed by atoms with E-state index in [1.54, 1.807) is 0 Å². The summed E-state index contributed by atoms with van der Waals surface area (Å²) in [4.78, 5) is 11.8. The van der Waals surface area contributed by atoms with Gasteiger partial charge < -0.3 is 0 Å². The lowest BCUT2D eigenvalue weighted by molar-refractivity contribution is -0.131. The summed E-state index contributed by atoms with van der Waals surface area (Å²) in [5, 5.41) is 0. The lowest BCUT2D eigenvalue weighted by Crippen LogP contribution is -2.41. The summed E-state index contributed by atoms with van der Waals surface area (Å²) in [6.45, 7) is 6.86. The smallest absolute Gasteiger partial charge is 0.136 e. The molecule has 0 aromatic carbocycles. The molecule has 2 unspecified atom stereocenters. The fourth-order valence-electron chi connectivity index (χ4n) is 3.06. The minimum Gasteiger partial charge on any atom is -0.299 e. The van der Waals surface area contributed by atoms with Crippen LogP contribution in [0.25, 0.3) is 0 Å². The van der Waals surface area contributed by atoms with E-state index >= 15 is 0 Å². The maximum Gasteiger partial charge on any atom is 0.136 e. The number of hydrogen-bond donors (Lipinski definition) is 0. The average Bonchev–Trinajstić information content (AvgIpc) is 2.12. The van der Waals surface area contributed by atoms with Crippen molar-refractivity contribution in [2.75, 3.05) is 0 Å². The molecule has 14 heavy (non-hydrogen) atoms. The summed E-state index contributed by atoms with van der Waals surface area (Å²) in [7, 11) is 0. The summed E-state index contributed by atoms with van der Waals surface area (Å²) in [6.07, 6.45) is 6.30. The number of fused-ring (bicyclic) bond motifs is 1. The van der Waals surface area contributed by atoms with E-state index in [9.17, 15) is 4.79 Å². The predicted molar refractivity (Wildman–Crippen MR) is 58.0 cm³/mol. The first-order valence-electron chi connectivity index (χ1n) is 5.69. The van der Waals surface area contributed by atoms with Crippen LogP contribution in [-0.2, 0) is 4.79 Å². The highest BCUT2D eigenvalue weighted by Crippen LogP contribution is 2.48. The van der Waals surface area contributed by atoms with E-state index in [4.69, 9.17) is 0 Å². The van der Waals surface area contributed by atoms with Gasteiger partial charge in [0.2, 0.25) is 0 Å². The zero-order valence-corrected chi connectivity index (χ0v) is 9.47. The number of carbonyl (C=O) groups is 1. The van der Waals surface area contributed by atoms with E-state index in [2.05, 4.69) is 26.8 Å². The molecule has 0 amide bonds. The van der Waals surface area contributed by atoms with E-state index in [1.165, 1.54) is 5.57 Å². The van der Waals surface area contributed by atoms with E-state index in [0.717, 1.165) is 25.7 Å². The number of allylic oxidation sites excluding steroid dienone is 2. The van der Waals surface area contributed by atoms with Crippen molar-refractivity contribution in [2.24, 2.45) is 17.3 Å². The van der Waals surface area contributed by atoms with E-state index in [-0.39, 0.29) is 0 Å². The van der Waals surface area contributed by atoms with Gasteiger partial charge in [0.1, 0.15) is 5.78 Å². The van der Waals surface area contributed by atoms with Crippen LogP contribution in [0.5, 0.6) is 0 Å². The van der Waals surface area contributed by atoms with Crippen LogP contribution in [0.4, 0.5) is 0 Å². The molecule has 0 aromatic heterocycles. The fraction of sp³-hybridized carbons (Fsp3) is 0.769. The minimum absolute atomic E-state index is 0.336. The zero-order chi connectivity index (χ0) is 10.3. The molecule has 2 aliphatic rings. The Morgan fingerprint density at radius 1 is 1.43 bits per heavy atom. The number of ketones is 1. The van der Waals surface area contributed by atoms with E-state index in [1.807, 2.05) is 0 Å². The molecule has 2 atom stereocenters. The molecule has 0 saturated heterocycles. The first kappa shape index (κ1) is 9.95. The van der Waals surface area contributed by atoms with Crippen molar-refractivity contribution in [1.29, 1.82) is 0 Å². The second kappa shape index (κ2) is 3.22. The third-order valence-corrected chi connectivity index (χ3v) is 4.18. The highest BCUT2D eigenvalue weighted by atomic mass is 16.1. The molecule has 0 aliphatic heterocycles. The largest absolute Gasteiger partial charge is 0.299 e. The highest BCUT2D eigenvalue weighted by Gasteiger charge is 2.43. The fourth-order valence-corrected chi connectivity index (χ4v) is 3.06. The van der Waals surface area contributed by atoms with Gasteiger partial charge in [-0.25, -0.2) is 0 Å². The highest BCUT2D eigenvalue weighted by molar-refractivity contribution is 5.82. The van der Waals surface area contributed by atoms with Crippen molar-refractivity contribution in [2.45, 2.75) is 46.5 Å². The molecule has 2 rings (SSSR count). The number of rotatable bonds is 0. The summed E-state index contributed by atoms with van der Waals surface area (Å²) in [6, 6.07) is 0.